The number of aromatic nitrogens is 1. The molecule has 9 heteroatoms. The van der Waals surface area contributed by atoms with Gasteiger partial charge in [-0.1, -0.05) is 5.16 Å². The molecule has 1 aliphatic heterocycles. The van der Waals surface area contributed by atoms with Crippen molar-refractivity contribution in [2.24, 2.45) is 10.2 Å². The third-order valence-electron chi connectivity index (χ3n) is 3.17. The van der Waals surface area contributed by atoms with Gasteiger partial charge in [-0.3, -0.25) is 9.59 Å². The summed E-state index contributed by atoms with van der Waals surface area (Å²) in [5.41, 5.74) is 0.402. The summed E-state index contributed by atoms with van der Waals surface area (Å²) < 4.78 is 31.6. The van der Waals surface area contributed by atoms with Crippen molar-refractivity contribution in [2.75, 3.05) is 0 Å². The number of halogens is 2. The third kappa shape index (κ3) is 3.40. The molecule has 0 saturated heterocycles. The Morgan fingerprint density at radius 1 is 1.29 bits per heavy atom. The fourth-order valence-corrected chi connectivity index (χ4v) is 2.00. The molecule has 0 bridgehead atoms. The van der Waals surface area contributed by atoms with Crippen molar-refractivity contribution in [2.45, 2.75) is 12.6 Å². The van der Waals surface area contributed by atoms with E-state index >= 15 is 0 Å². The lowest BCUT2D eigenvalue weighted by Gasteiger charge is -2.08. The highest BCUT2D eigenvalue weighted by atomic mass is 19.1. The molecule has 0 radical (unpaired) electrons. The molecular weight excluding hydrogens is 322 g/mol. The van der Waals surface area contributed by atoms with E-state index in [2.05, 4.69) is 20.7 Å². The van der Waals surface area contributed by atoms with E-state index in [9.17, 15) is 18.4 Å². The number of carbonyl (C=O) groups excluding carboxylic acids is 2. The van der Waals surface area contributed by atoms with Gasteiger partial charge in [0.1, 0.15) is 17.3 Å². The van der Waals surface area contributed by atoms with E-state index in [0.29, 0.717) is 5.69 Å². The van der Waals surface area contributed by atoms with Crippen LogP contribution in [0.5, 0.6) is 0 Å². The van der Waals surface area contributed by atoms with Crippen molar-refractivity contribution in [1.29, 1.82) is 0 Å². The summed E-state index contributed by atoms with van der Waals surface area (Å²) in [7, 11) is 0. The predicted octanol–water partition coefficient (Wildman–Crippen LogP) is 2.15. The molecule has 2 amide bonds. The Balaban J connectivity index is 1.64. The fourth-order valence-electron chi connectivity index (χ4n) is 2.00. The number of amides is 2. The minimum atomic E-state index is -0.886. The topological polar surface area (TPSA) is 96.9 Å². The van der Waals surface area contributed by atoms with Gasteiger partial charge in [0.2, 0.25) is 0 Å². The molecule has 122 valence electrons. The van der Waals surface area contributed by atoms with Crippen LogP contribution in [0, 0.1) is 11.6 Å². The van der Waals surface area contributed by atoms with Crippen LogP contribution in [0.25, 0.3) is 11.3 Å². The Hall–Kier alpha value is -3.23. The lowest BCUT2D eigenvalue weighted by atomic mass is 10.1. The maximum absolute atomic E-state index is 13.7. The van der Waals surface area contributed by atoms with Gasteiger partial charge in [0.05, 0.1) is 12.1 Å². The van der Waals surface area contributed by atoms with Crippen molar-refractivity contribution in [3.8, 4) is 11.3 Å². The first-order valence-corrected chi connectivity index (χ1v) is 6.84. The van der Waals surface area contributed by atoms with E-state index in [4.69, 9.17) is 4.52 Å². The zero-order chi connectivity index (χ0) is 17.1. The number of azo groups is 1. The molecule has 0 fully saturated rings. The summed E-state index contributed by atoms with van der Waals surface area (Å²) in [6, 6.07) is 3.62. The molecular formula is C15H10F2N4O3. The van der Waals surface area contributed by atoms with Crippen LogP contribution < -0.4 is 5.32 Å². The molecule has 1 unspecified atom stereocenters. The second-order valence-corrected chi connectivity index (χ2v) is 4.88. The molecule has 2 heterocycles. The predicted molar refractivity (Wildman–Crippen MR) is 76.5 cm³/mol. The van der Waals surface area contributed by atoms with E-state index in [1.807, 2.05) is 0 Å². The first-order valence-electron chi connectivity index (χ1n) is 6.84. The van der Waals surface area contributed by atoms with Gasteiger partial charge < -0.3 is 9.84 Å². The maximum atomic E-state index is 13.7. The minimum absolute atomic E-state index is 0.0129. The highest BCUT2D eigenvalue weighted by molar-refractivity contribution is 5.92. The largest absolute Gasteiger partial charge is 0.356 e. The van der Waals surface area contributed by atoms with Crippen LogP contribution in [-0.2, 0) is 16.1 Å². The molecule has 1 aromatic carbocycles. The van der Waals surface area contributed by atoms with Gasteiger partial charge in [0.15, 0.2) is 11.8 Å². The molecule has 1 atom stereocenters. The summed E-state index contributed by atoms with van der Waals surface area (Å²) in [5.74, 6) is -2.36. The normalized spacial score (nSPS) is 16.4. The molecule has 7 nitrogen and oxygen atoms in total. The number of carbonyl (C=O) groups is 2. The number of nitrogens with one attached hydrogen (secondary N) is 1. The Kier molecular flexibility index (Phi) is 4.23. The Morgan fingerprint density at radius 3 is 2.83 bits per heavy atom. The first kappa shape index (κ1) is 15.7. The Morgan fingerprint density at radius 2 is 2.12 bits per heavy atom. The number of hydrogen-bond acceptors (Lipinski definition) is 5. The molecule has 1 aromatic heterocycles. The number of hydrogen-bond donors (Lipinski definition) is 1. The van der Waals surface area contributed by atoms with Gasteiger partial charge in [0.25, 0.3) is 11.8 Å². The summed E-state index contributed by atoms with van der Waals surface area (Å²) in [4.78, 5) is 22.7. The van der Waals surface area contributed by atoms with Gasteiger partial charge in [-0.25, -0.2) is 8.78 Å². The SMILES string of the molecule is O=C1C=CC(C(=O)NCc2cc(-c3ccc(F)cc3F)on2)N=N1. The third-order valence-corrected chi connectivity index (χ3v) is 3.17. The second-order valence-electron chi connectivity index (χ2n) is 4.88. The quantitative estimate of drug-likeness (QED) is 0.927. The van der Waals surface area contributed by atoms with Gasteiger partial charge in [-0.05, 0) is 18.2 Å². The maximum Gasteiger partial charge on any atom is 0.287 e. The van der Waals surface area contributed by atoms with Crippen molar-refractivity contribution in [1.82, 2.24) is 10.5 Å². The monoisotopic (exact) mass is 332 g/mol. The Bertz CT molecular complexity index is 844. The van der Waals surface area contributed by atoms with Crippen LogP contribution in [0.15, 0.2) is 51.2 Å². The van der Waals surface area contributed by atoms with Crippen molar-refractivity contribution < 1.29 is 22.9 Å². The molecule has 0 aliphatic carbocycles. The van der Waals surface area contributed by atoms with Crippen LogP contribution in [0.4, 0.5) is 8.78 Å². The van der Waals surface area contributed by atoms with Crippen molar-refractivity contribution in [3.05, 3.63) is 53.7 Å². The van der Waals surface area contributed by atoms with Crippen LogP contribution in [0.3, 0.4) is 0 Å². The van der Waals surface area contributed by atoms with Crippen LogP contribution in [0.1, 0.15) is 5.69 Å². The molecule has 1 aliphatic rings. The number of benzene rings is 1. The fraction of sp³-hybridized carbons (Fsp3) is 0.133. The average molecular weight is 332 g/mol. The summed E-state index contributed by atoms with van der Waals surface area (Å²) >= 11 is 0. The molecule has 0 saturated carbocycles. The van der Waals surface area contributed by atoms with Crippen LogP contribution in [-0.4, -0.2) is 23.0 Å². The Labute approximate surface area is 134 Å². The van der Waals surface area contributed by atoms with Crippen molar-refractivity contribution in [3.63, 3.8) is 0 Å². The van der Waals surface area contributed by atoms with Gasteiger partial charge in [0, 0.05) is 18.2 Å². The number of nitrogens with zero attached hydrogens (tertiary/aromatic N) is 3. The summed E-state index contributed by atoms with van der Waals surface area (Å²) in [6.45, 7) is 0.0129. The average Bonchev–Trinajstić information content (AvgIpc) is 3.02. The van der Waals surface area contributed by atoms with Gasteiger partial charge in [-0.2, -0.15) is 5.11 Å². The summed E-state index contributed by atoms with van der Waals surface area (Å²) in [6.07, 6.45) is 2.48. The highest BCUT2D eigenvalue weighted by Gasteiger charge is 2.19. The van der Waals surface area contributed by atoms with E-state index in [1.165, 1.54) is 18.2 Å². The lowest BCUT2D eigenvalue weighted by Crippen LogP contribution is -2.32. The zero-order valence-corrected chi connectivity index (χ0v) is 12.1. The first-order chi connectivity index (χ1) is 11.5. The lowest BCUT2D eigenvalue weighted by molar-refractivity contribution is -0.121. The standard InChI is InChI=1S/C15H10F2N4O3/c16-8-1-2-10(11(17)5-8)13-6-9(21-24-13)7-18-15(23)12-3-4-14(22)20-19-12/h1-6,12H,7H2,(H,18,23). The molecule has 2 aromatic rings. The number of rotatable bonds is 4. The smallest absolute Gasteiger partial charge is 0.287 e. The molecule has 3 rings (SSSR count). The zero-order valence-electron chi connectivity index (χ0n) is 12.1. The highest BCUT2D eigenvalue weighted by Crippen LogP contribution is 2.24. The van der Waals surface area contributed by atoms with Gasteiger partial charge in [-0.15, -0.1) is 5.11 Å². The minimum Gasteiger partial charge on any atom is -0.356 e. The molecule has 1 N–H and O–H groups in total. The van der Waals surface area contributed by atoms with E-state index in [0.717, 1.165) is 18.2 Å². The second kappa shape index (κ2) is 6.49. The van der Waals surface area contributed by atoms with Gasteiger partial charge >= 0.3 is 0 Å². The van der Waals surface area contributed by atoms with E-state index in [-0.39, 0.29) is 17.9 Å². The van der Waals surface area contributed by atoms with E-state index < -0.39 is 29.5 Å². The van der Waals surface area contributed by atoms with E-state index in [1.54, 1.807) is 0 Å². The molecule has 24 heavy (non-hydrogen) atoms. The molecule has 0 spiro atoms. The van der Waals surface area contributed by atoms with Crippen molar-refractivity contribution >= 4 is 11.8 Å². The van der Waals surface area contributed by atoms with Crippen LogP contribution in [0.2, 0.25) is 0 Å². The van der Waals surface area contributed by atoms with Crippen LogP contribution >= 0.6 is 0 Å². The summed E-state index contributed by atoms with van der Waals surface area (Å²) in [5, 5.41) is 13.1.